The molecule has 0 aliphatic carbocycles. The normalized spacial score (nSPS) is 11.7. The molecular weight excluding hydrogens is 408 g/mol. The van der Waals surface area contributed by atoms with E-state index in [-0.39, 0.29) is 10.8 Å². The number of hydrogen-bond donors (Lipinski definition) is 1. The van der Waals surface area contributed by atoms with Gasteiger partial charge in [-0.2, -0.15) is 9.40 Å². The smallest absolute Gasteiger partial charge is 0.252 e. The van der Waals surface area contributed by atoms with Crippen LogP contribution in [0.5, 0.6) is 0 Å². The first-order valence-corrected chi connectivity index (χ1v) is 10.6. The molecule has 142 valence electrons. The van der Waals surface area contributed by atoms with Crippen molar-refractivity contribution in [1.82, 2.24) is 14.1 Å². The Labute approximate surface area is 166 Å². The summed E-state index contributed by atoms with van der Waals surface area (Å²) < 4.78 is 28.0. The van der Waals surface area contributed by atoms with E-state index >= 15 is 0 Å². The van der Waals surface area contributed by atoms with Crippen LogP contribution in [0, 0.1) is 0 Å². The maximum atomic E-state index is 12.4. The van der Waals surface area contributed by atoms with Gasteiger partial charge in [-0.3, -0.25) is 9.48 Å². The second kappa shape index (κ2) is 8.22. The number of halogens is 1. The number of carbonyl (C=O) groups is 1. The molecule has 0 bridgehead atoms. The number of thiophene rings is 1. The average molecular weight is 425 g/mol. The Morgan fingerprint density at radius 1 is 1.26 bits per heavy atom. The van der Waals surface area contributed by atoms with Crippen molar-refractivity contribution in [2.75, 3.05) is 18.9 Å². The lowest BCUT2D eigenvalue weighted by Crippen LogP contribution is -2.34. The van der Waals surface area contributed by atoms with E-state index < -0.39 is 15.9 Å². The predicted octanol–water partition coefficient (Wildman–Crippen LogP) is 2.91. The van der Waals surface area contributed by atoms with E-state index in [1.54, 1.807) is 10.9 Å². The number of likely N-dealkylation sites (N-methyl/N-ethyl adjacent to an activating group) is 1. The number of nitrogens with one attached hydrogen (secondary N) is 1. The number of amides is 1. The molecule has 2 heterocycles. The fourth-order valence-electron chi connectivity index (χ4n) is 2.36. The molecule has 0 unspecified atom stereocenters. The number of aromatic nitrogens is 2. The first-order chi connectivity index (χ1) is 12.8. The van der Waals surface area contributed by atoms with E-state index in [0.717, 1.165) is 21.2 Å². The maximum absolute atomic E-state index is 12.4. The number of rotatable bonds is 7. The molecule has 0 aliphatic heterocycles. The molecule has 1 N–H and O–H groups in total. The second-order valence-electron chi connectivity index (χ2n) is 5.78. The zero-order chi connectivity index (χ0) is 19.4. The summed E-state index contributed by atoms with van der Waals surface area (Å²) >= 11 is 6.74. The summed E-state index contributed by atoms with van der Waals surface area (Å²) in [4.78, 5) is 12.2. The first-order valence-electron chi connectivity index (χ1n) is 7.92. The summed E-state index contributed by atoms with van der Waals surface area (Å²) in [6.07, 6.45) is 3.22. The van der Waals surface area contributed by atoms with Gasteiger partial charge in [0.2, 0.25) is 5.91 Å². The van der Waals surface area contributed by atoms with Crippen LogP contribution in [0.2, 0.25) is 4.34 Å². The van der Waals surface area contributed by atoms with Crippen LogP contribution < -0.4 is 5.32 Å². The van der Waals surface area contributed by atoms with E-state index in [1.807, 2.05) is 30.3 Å². The maximum Gasteiger partial charge on any atom is 0.252 e. The summed E-state index contributed by atoms with van der Waals surface area (Å²) in [6, 6.07) is 12.7. The van der Waals surface area contributed by atoms with Gasteiger partial charge in [-0.1, -0.05) is 41.9 Å². The van der Waals surface area contributed by atoms with E-state index in [0.29, 0.717) is 16.6 Å². The van der Waals surface area contributed by atoms with Crippen LogP contribution >= 0.6 is 22.9 Å². The zero-order valence-electron chi connectivity index (χ0n) is 14.4. The van der Waals surface area contributed by atoms with E-state index in [2.05, 4.69) is 10.4 Å². The molecule has 7 nitrogen and oxygen atoms in total. The average Bonchev–Trinajstić information content (AvgIpc) is 3.25. The van der Waals surface area contributed by atoms with Crippen molar-refractivity contribution >= 4 is 44.6 Å². The van der Waals surface area contributed by atoms with Crippen LogP contribution in [0.4, 0.5) is 5.69 Å². The summed E-state index contributed by atoms with van der Waals surface area (Å²) in [5.41, 5.74) is 1.58. The molecule has 0 saturated heterocycles. The Morgan fingerprint density at radius 2 is 2.00 bits per heavy atom. The summed E-state index contributed by atoms with van der Waals surface area (Å²) in [6.45, 7) is 0.256. The Bertz CT molecular complexity index is 1030. The third-order valence-corrected chi connectivity index (χ3v) is 7.19. The third kappa shape index (κ3) is 4.95. The fourth-order valence-corrected chi connectivity index (χ4v) is 5.18. The predicted molar refractivity (Wildman–Crippen MR) is 106 cm³/mol. The monoisotopic (exact) mass is 424 g/mol. The van der Waals surface area contributed by atoms with Gasteiger partial charge in [-0.15, -0.1) is 11.3 Å². The topological polar surface area (TPSA) is 84.3 Å². The molecule has 10 heteroatoms. The highest BCUT2D eigenvalue weighted by Gasteiger charge is 2.24. The van der Waals surface area contributed by atoms with Gasteiger partial charge < -0.3 is 5.32 Å². The third-order valence-electron chi connectivity index (χ3n) is 3.68. The molecule has 1 amide bonds. The number of carbonyl (C=O) groups excluding carboxylic acids is 1. The number of hydrogen-bond acceptors (Lipinski definition) is 5. The van der Waals surface area contributed by atoms with Crippen LogP contribution in [-0.2, 0) is 21.4 Å². The minimum atomic E-state index is -3.76. The van der Waals surface area contributed by atoms with Crippen LogP contribution in [-0.4, -0.2) is 42.0 Å². The minimum absolute atomic E-state index is 0.0958. The van der Waals surface area contributed by atoms with E-state index in [4.69, 9.17) is 11.6 Å². The zero-order valence-corrected chi connectivity index (χ0v) is 16.8. The lowest BCUT2D eigenvalue weighted by molar-refractivity contribution is -0.116. The van der Waals surface area contributed by atoms with Crippen molar-refractivity contribution in [2.45, 2.75) is 10.8 Å². The van der Waals surface area contributed by atoms with Crippen molar-refractivity contribution in [3.05, 3.63) is 64.8 Å². The standard InChI is InChI=1S/C17H17ClN4O3S2/c1-21(27(24,25)17-8-7-15(18)26-17)12-16(23)20-14-9-19-22(11-14)10-13-5-3-2-4-6-13/h2-9,11H,10,12H2,1H3,(H,20,23). The minimum Gasteiger partial charge on any atom is -0.322 e. The van der Waals surface area contributed by atoms with Crippen molar-refractivity contribution in [3.8, 4) is 0 Å². The molecule has 1 aromatic carbocycles. The largest absolute Gasteiger partial charge is 0.322 e. The SMILES string of the molecule is CN(CC(=O)Nc1cnn(Cc2ccccc2)c1)S(=O)(=O)c1ccc(Cl)s1. The van der Waals surface area contributed by atoms with Crippen LogP contribution in [0.25, 0.3) is 0 Å². The van der Waals surface area contributed by atoms with Gasteiger partial charge in [0, 0.05) is 13.2 Å². The summed E-state index contributed by atoms with van der Waals surface area (Å²) in [7, 11) is -2.41. The number of nitrogens with zero attached hydrogens (tertiary/aromatic N) is 3. The van der Waals surface area contributed by atoms with Crippen molar-refractivity contribution in [1.29, 1.82) is 0 Å². The van der Waals surface area contributed by atoms with Gasteiger partial charge in [0.1, 0.15) is 4.21 Å². The second-order valence-corrected chi connectivity index (χ2v) is 9.77. The van der Waals surface area contributed by atoms with Gasteiger partial charge in [-0.05, 0) is 17.7 Å². The number of anilines is 1. The first kappa shape index (κ1) is 19.6. The molecule has 0 aliphatic rings. The Hall–Kier alpha value is -2.20. The quantitative estimate of drug-likeness (QED) is 0.632. The van der Waals surface area contributed by atoms with Gasteiger partial charge >= 0.3 is 0 Å². The Morgan fingerprint density at radius 3 is 2.67 bits per heavy atom. The fraction of sp³-hybridized carbons (Fsp3) is 0.176. The van der Waals surface area contributed by atoms with E-state index in [1.165, 1.54) is 25.4 Å². The Kier molecular flexibility index (Phi) is 5.95. The summed E-state index contributed by atoms with van der Waals surface area (Å²) in [5, 5.41) is 6.86. The van der Waals surface area contributed by atoms with Gasteiger partial charge in [0.25, 0.3) is 10.0 Å². The van der Waals surface area contributed by atoms with Crippen molar-refractivity contribution < 1.29 is 13.2 Å². The van der Waals surface area contributed by atoms with Gasteiger partial charge in [0.15, 0.2) is 0 Å². The molecule has 3 aromatic rings. The highest BCUT2D eigenvalue weighted by atomic mass is 35.5. The van der Waals surface area contributed by atoms with Crippen LogP contribution in [0.1, 0.15) is 5.56 Å². The molecule has 0 radical (unpaired) electrons. The molecule has 0 saturated carbocycles. The molecule has 0 atom stereocenters. The molecule has 0 spiro atoms. The number of benzene rings is 1. The number of sulfonamides is 1. The highest BCUT2D eigenvalue weighted by Crippen LogP contribution is 2.27. The molecule has 3 rings (SSSR count). The Balaban J connectivity index is 1.59. The molecule has 0 fully saturated rings. The summed E-state index contributed by atoms with van der Waals surface area (Å²) in [5.74, 6) is -0.456. The lowest BCUT2D eigenvalue weighted by Gasteiger charge is -2.15. The molecule has 2 aromatic heterocycles. The van der Waals surface area contributed by atoms with Gasteiger partial charge in [0.05, 0.1) is 29.3 Å². The van der Waals surface area contributed by atoms with Crippen LogP contribution in [0.3, 0.4) is 0 Å². The lowest BCUT2D eigenvalue weighted by atomic mass is 10.2. The van der Waals surface area contributed by atoms with Gasteiger partial charge in [-0.25, -0.2) is 8.42 Å². The van der Waals surface area contributed by atoms with Crippen molar-refractivity contribution in [2.24, 2.45) is 0 Å². The van der Waals surface area contributed by atoms with Crippen molar-refractivity contribution in [3.63, 3.8) is 0 Å². The van der Waals surface area contributed by atoms with Crippen LogP contribution in [0.15, 0.2) is 59.1 Å². The molecule has 27 heavy (non-hydrogen) atoms. The molecular formula is C17H17ClN4O3S2. The highest BCUT2D eigenvalue weighted by molar-refractivity contribution is 7.91. The van der Waals surface area contributed by atoms with E-state index in [9.17, 15) is 13.2 Å².